The van der Waals surface area contributed by atoms with Gasteiger partial charge in [-0.2, -0.15) is 0 Å². The molecule has 1 aromatic heterocycles. The third-order valence-corrected chi connectivity index (χ3v) is 6.71. The van der Waals surface area contributed by atoms with Gasteiger partial charge >= 0.3 is 0 Å². The second-order valence-electron chi connectivity index (χ2n) is 8.84. The molecule has 6 nitrogen and oxygen atoms in total. The zero-order valence-corrected chi connectivity index (χ0v) is 17.6. The van der Waals surface area contributed by atoms with Crippen molar-refractivity contribution in [2.24, 2.45) is 5.41 Å². The number of amides is 1. The molecule has 2 heterocycles. The number of likely N-dealkylation sites (N-methyl/N-ethyl adjacent to an activating group) is 1. The molecule has 1 aliphatic heterocycles. The maximum absolute atomic E-state index is 12.8. The number of nitrogens with zero attached hydrogens (tertiary/aromatic N) is 3. The van der Waals surface area contributed by atoms with E-state index in [1.165, 1.54) is 0 Å². The predicted octanol–water partition coefficient (Wildman–Crippen LogP) is 2.96. The van der Waals surface area contributed by atoms with Gasteiger partial charge in [-0.05, 0) is 70.0 Å². The second-order valence-corrected chi connectivity index (χ2v) is 8.84. The van der Waals surface area contributed by atoms with E-state index in [0.29, 0.717) is 16.9 Å². The number of hydrogen-bond acceptors (Lipinski definition) is 5. The lowest BCUT2D eigenvalue weighted by atomic mass is 9.64. The first kappa shape index (κ1) is 21.1. The summed E-state index contributed by atoms with van der Waals surface area (Å²) in [5, 5.41) is 11.0. The maximum Gasteiger partial charge on any atom is 0.255 e. The van der Waals surface area contributed by atoms with E-state index < -0.39 is 5.60 Å². The molecule has 6 heteroatoms. The van der Waals surface area contributed by atoms with Crippen LogP contribution in [0.2, 0.25) is 0 Å². The van der Waals surface area contributed by atoms with Crippen LogP contribution in [-0.4, -0.2) is 71.7 Å². The molecule has 156 valence electrons. The van der Waals surface area contributed by atoms with Crippen LogP contribution in [-0.2, 0) is 0 Å². The highest BCUT2D eigenvalue weighted by atomic mass is 16.5. The van der Waals surface area contributed by atoms with Crippen molar-refractivity contribution in [3.63, 3.8) is 0 Å². The van der Waals surface area contributed by atoms with Crippen LogP contribution in [0.1, 0.15) is 62.2 Å². The van der Waals surface area contributed by atoms with Crippen LogP contribution in [0.25, 0.3) is 0 Å². The number of ether oxygens (including phenoxy) is 1. The minimum absolute atomic E-state index is 0.0542. The van der Waals surface area contributed by atoms with Crippen LogP contribution in [0, 0.1) is 5.41 Å². The number of rotatable bonds is 6. The van der Waals surface area contributed by atoms with E-state index in [9.17, 15) is 9.90 Å². The van der Waals surface area contributed by atoms with E-state index in [-0.39, 0.29) is 5.91 Å². The molecule has 1 aromatic rings. The molecule has 0 atom stereocenters. The zero-order valence-electron chi connectivity index (χ0n) is 17.6. The molecule has 0 radical (unpaired) electrons. The zero-order chi connectivity index (χ0) is 20.2. The van der Waals surface area contributed by atoms with Crippen molar-refractivity contribution in [1.29, 1.82) is 0 Å². The van der Waals surface area contributed by atoms with Gasteiger partial charge in [-0.1, -0.05) is 6.92 Å². The molecule has 28 heavy (non-hydrogen) atoms. The SMILES string of the molecule is CCCN(C)CC1(O)CCC2(CCN(C(=O)c3ccc(OC)nc3)CC2)CC1. The van der Waals surface area contributed by atoms with E-state index in [1.807, 2.05) is 4.90 Å². The standard InChI is InChI=1S/C22H35N3O3/c1-4-13-24(2)17-22(27)9-7-21(8-10-22)11-14-25(15-12-21)20(26)18-5-6-19(28-3)23-16-18/h5-6,16,27H,4,7-15,17H2,1-3H3. The summed E-state index contributed by atoms with van der Waals surface area (Å²) in [5.74, 6) is 0.576. The molecular formula is C22H35N3O3. The Morgan fingerprint density at radius 1 is 1.21 bits per heavy atom. The summed E-state index contributed by atoms with van der Waals surface area (Å²) >= 11 is 0. The van der Waals surface area contributed by atoms with Crippen LogP contribution < -0.4 is 4.74 Å². The van der Waals surface area contributed by atoms with Crippen molar-refractivity contribution in [3.05, 3.63) is 23.9 Å². The second kappa shape index (κ2) is 8.78. The molecule has 1 amide bonds. The average molecular weight is 390 g/mol. The molecule has 1 N–H and O–H groups in total. The molecule has 1 saturated heterocycles. The van der Waals surface area contributed by atoms with Gasteiger partial charge in [0.15, 0.2) is 0 Å². The van der Waals surface area contributed by atoms with E-state index in [4.69, 9.17) is 4.74 Å². The summed E-state index contributed by atoms with van der Waals surface area (Å²) < 4.78 is 5.06. The Bertz CT molecular complexity index is 643. The molecule has 3 rings (SSSR count). The van der Waals surface area contributed by atoms with Crippen LogP contribution >= 0.6 is 0 Å². The summed E-state index contributed by atoms with van der Waals surface area (Å²) in [6.07, 6.45) is 8.65. The van der Waals surface area contributed by atoms with Crippen LogP contribution in [0.5, 0.6) is 5.88 Å². The van der Waals surface area contributed by atoms with E-state index in [0.717, 1.165) is 71.1 Å². The van der Waals surface area contributed by atoms with Crippen molar-refractivity contribution < 1.29 is 14.6 Å². The number of aromatic nitrogens is 1. The Labute approximate surface area is 168 Å². The van der Waals surface area contributed by atoms with Gasteiger partial charge in [0.1, 0.15) is 0 Å². The van der Waals surface area contributed by atoms with Gasteiger partial charge in [0.2, 0.25) is 5.88 Å². The molecule has 2 aliphatic rings. The van der Waals surface area contributed by atoms with Gasteiger partial charge in [0.05, 0.1) is 18.3 Å². The smallest absolute Gasteiger partial charge is 0.255 e. The van der Waals surface area contributed by atoms with Gasteiger partial charge < -0.3 is 19.6 Å². The number of aliphatic hydroxyl groups is 1. The third-order valence-electron chi connectivity index (χ3n) is 6.71. The van der Waals surface area contributed by atoms with Gasteiger partial charge in [0, 0.05) is 31.9 Å². The Kier molecular flexibility index (Phi) is 6.61. The molecule has 0 aromatic carbocycles. The lowest BCUT2D eigenvalue weighted by Crippen LogP contribution is -2.50. The summed E-state index contributed by atoms with van der Waals surface area (Å²) in [6, 6.07) is 3.52. The number of methoxy groups -OCH3 is 1. The van der Waals surface area contributed by atoms with Gasteiger partial charge in [0.25, 0.3) is 5.91 Å². The third kappa shape index (κ3) is 4.84. The number of hydrogen-bond donors (Lipinski definition) is 1. The molecule has 1 aliphatic carbocycles. The fourth-order valence-electron chi connectivity index (χ4n) is 4.86. The Balaban J connectivity index is 1.51. The normalized spacial score (nSPS) is 21.1. The van der Waals surface area contributed by atoms with Crippen LogP contribution in [0.3, 0.4) is 0 Å². The molecule has 1 saturated carbocycles. The van der Waals surface area contributed by atoms with E-state index in [2.05, 4.69) is 23.9 Å². The molecule has 2 fully saturated rings. The monoisotopic (exact) mass is 389 g/mol. The summed E-state index contributed by atoms with van der Waals surface area (Å²) in [7, 11) is 3.67. The van der Waals surface area contributed by atoms with Crippen LogP contribution in [0.15, 0.2) is 18.3 Å². The highest BCUT2D eigenvalue weighted by Gasteiger charge is 2.44. The number of pyridine rings is 1. The van der Waals surface area contributed by atoms with Crippen molar-refractivity contribution in [3.8, 4) is 5.88 Å². The maximum atomic E-state index is 12.8. The van der Waals surface area contributed by atoms with Gasteiger partial charge in [-0.15, -0.1) is 0 Å². The minimum atomic E-state index is -0.545. The largest absolute Gasteiger partial charge is 0.481 e. The minimum Gasteiger partial charge on any atom is -0.481 e. The lowest BCUT2D eigenvalue weighted by Gasteiger charge is -2.49. The number of likely N-dealkylation sites (tertiary alicyclic amines) is 1. The molecule has 1 spiro atoms. The van der Waals surface area contributed by atoms with E-state index >= 15 is 0 Å². The lowest BCUT2D eigenvalue weighted by molar-refractivity contribution is -0.0643. The Hall–Kier alpha value is -1.66. The predicted molar refractivity (Wildman–Crippen MR) is 110 cm³/mol. The van der Waals surface area contributed by atoms with Crippen molar-refractivity contribution in [2.75, 3.05) is 40.3 Å². The first-order valence-corrected chi connectivity index (χ1v) is 10.6. The fourth-order valence-corrected chi connectivity index (χ4v) is 4.86. The number of carbonyl (C=O) groups is 1. The first-order valence-electron chi connectivity index (χ1n) is 10.6. The molecule has 0 bridgehead atoms. The molecular weight excluding hydrogens is 354 g/mol. The first-order chi connectivity index (χ1) is 13.4. The Morgan fingerprint density at radius 3 is 2.43 bits per heavy atom. The van der Waals surface area contributed by atoms with Crippen molar-refractivity contribution >= 4 is 5.91 Å². The number of carbonyl (C=O) groups excluding carboxylic acids is 1. The van der Waals surface area contributed by atoms with Gasteiger partial charge in [-0.3, -0.25) is 4.79 Å². The topological polar surface area (TPSA) is 65.9 Å². The highest BCUT2D eigenvalue weighted by Crippen LogP contribution is 2.47. The summed E-state index contributed by atoms with van der Waals surface area (Å²) in [5.41, 5.74) is 0.371. The van der Waals surface area contributed by atoms with Gasteiger partial charge in [-0.25, -0.2) is 4.98 Å². The fraction of sp³-hybridized carbons (Fsp3) is 0.727. The average Bonchev–Trinajstić information content (AvgIpc) is 2.71. The highest BCUT2D eigenvalue weighted by molar-refractivity contribution is 5.94. The summed E-state index contributed by atoms with van der Waals surface area (Å²) in [4.78, 5) is 21.1. The van der Waals surface area contributed by atoms with Crippen molar-refractivity contribution in [2.45, 2.75) is 57.5 Å². The Morgan fingerprint density at radius 2 is 1.89 bits per heavy atom. The van der Waals surface area contributed by atoms with Crippen molar-refractivity contribution in [1.82, 2.24) is 14.8 Å². The molecule has 0 unspecified atom stereocenters. The van der Waals surface area contributed by atoms with E-state index in [1.54, 1.807) is 25.4 Å². The number of piperidine rings is 1. The van der Waals surface area contributed by atoms with Crippen LogP contribution in [0.4, 0.5) is 0 Å². The summed E-state index contributed by atoms with van der Waals surface area (Å²) in [6.45, 7) is 5.56. The quantitative estimate of drug-likeness (QED) is 0.810.